The second-order valence-corrected chi connectivity index (χ2v) is 7.61. The molecule has 30 heavy (non-hydrogen) atoms. The molecule has 1 fully saturated rings. The summed E-state index contributed by atoms with van der Waals surface area (Å²) >= 11 is 6.52. The second-order valence-electron chi connectivity index (χ2n) is 7.21. The summed E-state index contributed by atoms with van der Waals surface area (Å²) < 4.78 is 5.31. The number of rotatable bonds is 5. The number of halogens is 1. The summed E-state index contributed by atoms with van der Waals surface area (Å²) in [5.74, 6) is 0.423. The lowest BCUT2D eigenvalue weighted by Crippen LogP contribution is -2.40. The molecule has 1 aliphatic rings. The number of aryl methyl sites for hydroxylation is 1. The maximum atomic E-state index is 12.7. The van der Waals surface area contributed by atoms with Gasteiger partial charge in [-0.15, -0.1) is 0 Å². The molecule has 1 aromatic carbocycles. The van der Waals surface area contributed by atoms with Crippen molar-refractivity contribution < 1.29 is 9.53 Å². The predicted molar refractivity (Wildman–Crippen MR) is 117 cm³/mol. The first-order chi connectivity index (χ1) is 14.6. The molecular formula is C23H23ClN4O2. The average Bonchev–Trinajstić information content (AvgIpc) is 2.79. The Balaban J connectivity index is 1.61. The summed E-state index contributed by atoms with van der Waals surface area (Å²) in [7, 11) is 0. The van der Waals surface area contributed by atoms with E-state index < -0.39 is 0 Å². The van der Waals surface area contributed by atoms with E-state index >= 15 is 0 Å². The first-order valence-electron chi connectivity index (χ1n) is 9.88. The van der Waals surface area contributed by atoms with Crippen LogP contribution in [0, 0.1) is 6.92 Å². The van der Waals surface area contributed by atoms with Gasteiger partial charge >= 0.3 is 0 Å². The zero-order valence-electron chi connectivity index (χ0n) is 16.7. The number of carbonyl (C=O) groups is 1. The smallest absolute Gasteiger partial charge is 0.255 e. The van der Waals surface area contributed by atoms with Crippen LogP contribution in [0.2, 0.25) is 5.02 Å². The Kier molecular flexibility index (Phi) is 6.26. The van der Waals surface area contributed by atoms with Crippen LogP contribution in [0.1, 0.15) is 33.2 Å². The van der Waals surface area contributed by atoms with Gasteiger partial charge < -0.3 is 15.0 Å². The molecule has 0 spiro atoms. The van der Waals surface area contributed by atoms with Crippen LogP contribution in [0.4, 0.5) is 5.82 Å². The highest BCUT2D eigenvalue weighted by molar-refractivity contribution is 6.33. The molecule has 3 heterocycles. The molecule has 6 nitrogen and oxygen atoms in total. The highest BCUT2D eigenvalue weighted by Crippen LogP contribution is 2.29. The van der Waals surface area contributed by atoms with Crippen molar-refractivity contribution in [2.24, 2.45) is 0 Å². The van der Waals surface area contributed by atoms with Crippen LogP contribution >= 0.6 is 11.6 Å². The Labute approximate surface area is 180 Å². The number of nitrogens with one attached hydrogen (secondary N) is 1. The Morgan fingerprint density at radius 2 is 1.97 bits per heavy atom. The van der Waals surface area contributed by atoms with Crippen LogP contribution in [0.5, 0.6) is 0 Å². The number of carbonyl (C=O) groups excluding carboxylic acids is 1. The molecule has 1 atom stereocenters. The normalized spacial score (nSPS) is 14.9. The highest BCUT2D eigenvalue weighted by Gasteiger charge is 2.21. The maximum Gasteiger partial charge on any atom is 0.255 e. The molecule has 154 valence electrons. The number of amides is 1. The van der Waals surface area contributed by atoms with Gasteiger partial charge in [-0.2, -0.15) is 0 Å². The fourth-order valence-corrected chi connectivity index (χ4v) is 3.69. The SMILES string of the molecule is Cc1cccc(C(Nc2ncc(C(=O)N3CCOCC3)cc2Cl)c2ccccn2)c1. The molecule has 4 rings (SSSR count). The number of anilines is 1. The third-order valence-electron chi connectivity index (χ3n) is 5.03. The van der Waals surface area contributed by atoms with E-state index in [1.54, 1.807) is 23.4 Å². The van der Waals surface area contributed by atoms with Crippen molar-refractivity contribution in [3.63, 3.8) is 0 Å². The van der Waals surface area contributed by atoms with Gasteiger partial charge in [-0.1, -0.05) is 47.5 Å². The fourth-order valence-electron chi connectivity index (χ4n) is 3.47. The van der Waals surface area contributed by atoms with E-state index in [-0.39, 0.29) is 11.9 Å². The minimum atomic E-state index is -0.225. The fraction of sp³-hybridized carbons (Fsp3) is 0.261. The van der Waals surface area contributed by atoms with Crippen molar-refractivity contribution in [1.29, 1.82) is 0 Å². The summed E-state index contributed by atoms with van der Waals surface area (Å²) in [5, 5.41) is 3.79. The van der Waals surface area contributed by atoms with Gasteiger partial charge in [0.1, 0.15) is 5.82 Å². The van der Waals surface area contributed by atoms with E-state index in [0.717, 1.165) is 16.8 Å². The van der Waals surface area contributed by atoms with E-state index in [1.165, 1.54) is 0 Å². The summed E-state index contributed by atoms with van der Waals surface area (Å²) in [4.78, 5) is 23.4. The van der Waals surface area contributed by atoms with Crippen LogP contribution < -0.4 is 5.32 Å². The lowest BCUT2D eigenvalue weighted by Gasteiger charge is -2.27. The number of nitrogens with zero attached hydrogens (tertiary/aromatic N) is 3. The van der Waals surface area contributed by atoms with Gasteiger partial charge in [-0.3, -0.25) is 9.78 Å². The van der Waals surface area contributed by atoms with E-state index in [9.17, 15) is 4.79 Å². The molecule has 1 saturated heterocycles. The lowest BCUT2D eigenvalue weighted by molar-refractivity contribution is 0.0302. The topological polar surface area (TPSA) is 67.4 Å². The van der Waals surface area contributed by atoms with Gasteiger partial charge in [-0.05, 0) is 30.7 Å². The van der Waals surface area contributed by atoms with Gasteiger partial charge in [-0.25, -0.2) is 4.98 Å². The number of pyridine rings is 2. The van der Waals surface area contributed by atoms with Crippen LogP contribution in [-0.4, -0.2) is 47.1 Å². The first kappa shape index (κ1) is 20.3. The number of hydrogen-bond donors (Lipinski definition) is 1. The molecule has 1 unspecified atom stereocenters. The quantitative estimate of drug-likeness (QED) is 0.670. The number of aromatic nitrogens is 2. The standard InChI is InChI=1S/C23H23ClN4O2/c1-16-5-4-6-17(13-16)21(20-7-2-3-8-25-20)27-22-19(24)14-18(15-26-22)23(29)28-9-11-30-12-10-28/h2-8,13-15,21H,9-12H2,1H3,(H,26,27). The minimum absolute atomic E-state index is 0.0841. The van der Waals surface area contributed by atoms with Crippen LogP contribution in [0.3, 0.4) is 0 Å². The number of ether oxygens (including phenoxy) is 1. The van der Waals surface area contributed by atoms with Crippen LogP contribution in [0.25, 0.3) is 0 Å². The van der Waals surface area contributed by atoms with Crippen LogP contribution in [0.15, 0.2) is 60.9 Å². The molecule has 1 N–H and O–H groups in total. The Hall–Kier alpha value is -2.96. The van der Waals surface area contributed by atoms with Crippen LogP contribution in [-0.2, 0) is 4.74 Å². The lowest BCUT2D eigenvalue weighted by atomic mass is 10.0. The molecular weight excluding hydrogens is 400 g/mol. The monoisotopic (exact) mass is 422 g/mol. The zero-order valence-corrected chi connectivity index (χ0v) is 17.5. The molecule has 1 amide bonds. The van der Waals surface area contributed by atoms with Gasteiger partial charge in [0.25, 0.3) is 5.91 Å². The Morgan fingerprint density at radius 1 is 1.13 bits per heavy atom. The van der Waals surface area contributed by atoms with Crippen molar-refractivity contribution in [1.82, 2.24) is 14.9 Å². The third kappa shape index (κ3) is 4.61. The zero-order chi connectivity index (χ0) is 20.9. The number of benzene rings is 1. The summed E-state index contributed by atoms with van der Waals surface area (Å²) in [5.41, 5.74) is 3.53. The first-order valence-corrected chi connectivity index (χ1v) is 10.3. The predicted octanol–water partition coefficient (Wildman–Crippen LogP) is 4.11. The van der Waals surface area contributed by atoms with Gasteiger partial charge in [0.15, 0.2) is 0 Å². The summed E-state index contributed by atoms with van der Waals surface area (Å²) in [6, 6.07) is 15.5. The third-order valence-corrected chi connectivity index (χ3v) is 5.31. The minimum Gasteiger partial charge on any atom is -0.378 e. The highest BCUT2D eigenvalue weighted by atomic mass is 35.5. The van der Waals surface area contributed by atoms with Crippen molar-refractivity contribution in [3.8, 4) is 0 Å². The van der Waals surface area contributed by atoms with E-state index in [1.807, 2.05) is 30.3 Å². The van der Waals surface area contributed by atoms with E-state index in [0.29, 0.717) is 42.7 Å². The van der Waals surface area contributed by atoms with E-state index in [4.69, 9.17) is 16.3 Å². The molecule has 2 aromatic heterocycles. The molecule has 0 radical (unpaired) electrons. The Bertz CT molecular complexity index is 1020. The second kappa shape index (κ2) is 9.24. The number of hydrogen-bond acceptors (Lipinski definition) is 5. The van der Waals surface area contributed by atoms with Gasteiger partial charge in [0.05, 0.1) is 35.5 Å². The largest absolute Gasteiger partial charge is 0.378 e. The molecule has 7 heteroatoms. The van der Waals surface area contributed by atoms with Gasteiger partial charge in [0, 0.05) is 25.5 Å². The average molecular weight is 423 g/mol. The summed E-state index contributed by atoms with van der Waals surface area (Å²) in [6.07, 6.45) is 3.33. The van der Waals surface area contributed by atoms with E-state index in [2.05, 4.69) is 34.3 Å². The van der Waals surface area contributed by atoms with Gasteiger partial charge in [0.2, 0.25) is 0 Å². The molecule has 1 aliphatic heterocycles. The van der Waals surface area contributed by atoms with Crippen molar-refractivity contribution in [2.45, 2.75) is 13.0 Å². The molecule has 0 bridgehead atoms. The molecule has 0 saturated carbocycles. The number of morpholine rings is 1. The molecule has 0 aliphatic carbocycles. The maximum absolute atomic E-state index is 12.7. The Morgan fingerprint density at radius 3 is 2.67 bits per heavy atom. The molecule has 3 aromatic rings. The summed E-state index contributed by atoms with van der Waals surface area (Å²) in [6.45, 7) is 4.30. The van der Waals surface area contributed by atoms with Crippen molar-refractivity contribution in [2.75, 3.05) is 31.6 Å². The van der Waals surface area contributed by atoms with Crippen molar-refractivity contribution in [3.05, 3.63) is 88.3 Å². The van der Waals surface area contributed by atoms with Crippen molar-refractivity contribution >= 4 is 23.3 Å².